The van der Waals surface area contributed by atoms with Crippen molar-refractivity contribution in [1.29, 1.82) is 0 Å². The summed E-state index contributed by atoms with van der Waals surface area (Å²) in [4.78, 5) is 23.6. The van der Waals surface area contributed by atoms with Gasteiger partial charge in [-0.2, -0.15) is 0 Å². The van der Waals surface area contributed by atoms with E-state index in [1.54, 1.807) is 6.07 Å². The van der Waals surface area contributed by atoms with Crippen molar-refractivity contribution in [2.45, 2.75) is 45.1 Å². The van der Waals surface area contributed by atoms with Gasteiger partial charge in [0, 0.05) is 0 Å². The molecule has 0 bridgehead atoms. The summed E-state index contributed by atoms with van der Waals surface area (Å²) in [5.41, 5.74) is 0.953. The van der Waals surface area contributed by atoms with Crippen molar-refractivity contribution in [2.24, 2.45) is 5.92 Å². The van der Waals surface area contributed by atoms with Crippen LogP contribution in [0.25, 0.3) is 0 Å². The van der Waals surface area contributed by atoms with Gasteiger partial charge in [-0.05, 0) is 43.4 Å². The largest absolute Gasteiger partial charge is 0.507 e. The molecule has 1 aliphatic carbocycles. The van der Waals surface area contributed by atoms with E-state index in [-0.39, 0.29) is 17.2 Å². The number of amides is 1. The molecule has 114 valence electrons. The third kappa shape index (κ3) is 3.74. The van der Waals surface area contributed by atoms with E-state index in [1.807, 2.05) is 6.92 Å². The first-order valence-corrected chi connectivity index (χ1v) is 7.32. The number of rotatable bonds is 4. The predicted molar refractivity (Wildman–Crippen MR) is 78.3 cm³/mol. The highest BCUT2D eigenvalue weighted by atomic mass is 16.4. The van der Waals surface area contributed by atoms with Gasteiger partial charge in [-0.3, -0.25) is 4.79 Å². The molecule has 0 radical (unpaired) electrons. The topological polar surface area (TPSA) is 86.6 Å². The average Bonchev–Trinajstić information content (AvgIpc) is 2.45. The van der Waals surface area contributed by atoms with E-state index in [4.69, 9.17) is 0 Å². The molecule has 2 rings (SSSR count). The van der Waals surface area contributed by atoms with Crippen LogP contribution in [0, 0.1) is 12.8 Å². The number of aryl methyl sites for hydroxylation is 1. The fraction of sp³-hybridized carbons (Fsp3) is 0.500. The molecule has 1 fully saturated rings. The number of hydrogen-bond donors (Lipinski definition) is 3. The van der Waals surface area contributed by atoms with E-state index in [9.17, 15) is 19.8 Å². The number of aromatic hydroxyl groups is 1. The first kappa shape index (κ1) is 15.4. The van der Waals surface area contributed by atoms with Gasteiger partial charge in [-0.15, -0.1) is 0 Å². The van der Waals surface area contributed by atoms with E-state index in [2.05, 4.69) is 5.32 Å². The van der Waals surface area contributed by atoms with Crippen molar-refractivity contribution >= 4 is 11.9 Å². The molecule has 1 aromatic rings. The Kier molecular flexibility index (Phi) is 4.83. The van der Waals surface area contributed by atoms with Crippen molar-refractivity contribution in [2.75, 3.05) is 0 Å². The predicted octanol–water partition coefficient (Wildman–Crippen LogP) is 2.46. The molecule has 0 heterocycles. The maximum absolute atomic E-state index is 12.2. The van der Waals surface area contributed by atoms with Crippen LogP contribution in [0.2, 0.25) is 0 Å². The first-order valence-electron chi connectivity index (χ1n) is 7.32. The Labute approximate surface area is 124 Å². The Balaban J connectivity index is 2.12. The van der Waals surface area contributed by atoms with Crippen LogP contribution < -0.4 is 5.32 Å². The van der Waals surface area contributed by atoms with Crippen molar-refractivity contribution in [3.63, 3.8) is 0 Å². The molecule has 1 atom stereocenters. The van der Waals surface area contributed by atoms with Gasteiger partial charge in [0.25, 0.3) is 5.91 Å². The van der Waals surface area contributed by atoms with Crippen LogP contribution >= 0.6 is 0 Å². The maximum atomic E-state index is 12.2. The van der Waals surface area contributed by atoms with E-state index < -0.39 is 17.9 Å². The molecule has 0 saturated heterocycles. The zero-order chi connectivity index (χ0) is 15.4. The van der Waals surface area contributed by atoms with Crippen molar-refractivity contribution < 1.29 is 19.8 Å². The highest BCUT2D eigenvalue weighted by molar-refractivity contribution is 5.98. The zero-order valence-electron chi connectivity index (χ0n) is 12.1. The number of nitrogens with one attached hydrogen (secondary N) is 1. The van der Waals surface area contributed by atoms with Gasteiger partial charge in [0.05, 0.1) is 5.56 Å². The Morgan fingerprint density at radius 1 is 1.24 bits per heavy atom. The fourth-order valence-electron chi connectivity index (χ4n) is 2.90. The highest BCUT2D eigenvalue weighted by Crippen LogP contribution is 2.27. The third-order valence-corrected chi connectivity index (χ3v) is 4.07. The van der Waals surface area contributed by atoms with Gasteiger partial charge < -0.3 is 15.5 Å². The summed E-state index contributed by atoms with van der Waals surface area (Å²) in [6.07, 6.45) is 4.75. The van der Waals surface area contributed by atoms with Crippen LogP contribution in [0.3, 0.4) is 0 Å². The quantitative estimate of drug-likeness (QED) is 0.795. The van der Waals surface area contributed by atoms with Crippen molar-refractivity contribution in [1.82, 2.24) is 5.32 Å². The second-order valence-electron chi connectivity index (χ2n) is 5.71. The smallest absolute Gasteiger partial charge is 0.326 e. The maximum Gasteiger partial charge on any atom is 0.326 e. The fourth-order valence-corrected chi connectivity index (χ4v) is 2.90. The zero-order valence-corrected chi connectivity index (χ0v) is 12.1. The molecule has 1 unspecified atom stereocenters. The second-order valence-corrected chi connectivity index (χ2v) is 5.71. The normalized spacial score (nSPS) is 17.2. The third-order valence-electron chi connectivity index (χ3n) is 4.07. The lowest BCUT2D eigenvalue weighted by atomic mass is 9.84. The molecular weight excluding hydrogens is 270 g/mol. The number of aliphatic carboxylic acids is 1. The monoisotopic (exact) mass is 291 g/mol. The lowest BCUT2D eigenvalue weighted by Crippen LogP contribution is -2.46. The molecule has 1 saturated carbocycles. The van der Waals surface area contributed by atoms with Crippen LogP contribution in [-0.4, -0.2) is 28.1 Å². The number of benzene rings is 1. The molecule has 3 N–H and O–H groups in total. The number of phenolic OH excluding ortho intramolecular Hbond substituents is 1. The van der Waals surface area contributed by atoms with Gasteiger partial charge in [-0.25, -0.2) is 4.79 Å². The highest BCUT2D eigenvalue weighted by Gasteiger charge is 2.31. The van der Waals surface area contributed by atoms with Crippen molar-refractivity contribution in [3.8, 4) is 5.75 Å². The minimum absolute atomic E-state index is 0.0345. The van der Waals surface area contributed by atoms with Gasteiger partial charge in [0.15, 0.2) is 0 Å². The minimum atomic E-state index is -1.01. The van der Waals surface area contributed by atoms with E-state index in [0.29, 0.717) is 0 Å². The molecule has 1 aromatic carbocycles. The molecule has 0 spiro atoms. The average molecular weight is 291 g/mol. The minimum Gasteiger partial charge on any atom is -0.507 e. The van der Waals surface area contributed by atoms with Crippen molar-refractivity contribution in [3.05, 3.63) is 29.3 Å². The van der Waals surface area contributed by atoms with Gasteiger partial charge in [-0.1, -0.05) is 25.3 Å². The number of carboxylic acid groups (broad SMARTS) is 1. The number of carbonyl (C=O) groups is 2. The summed E-state index contributed by atoms with van der Waals surface area (Å²) in [6, 6.07) is 3.83. The number of carboxylic acids is 1. The first-order chi connectivity index (χ1) is 9.99. The van der Waals surface area contributed by atoms with Crippen LogP contribution in [0.4, 0.5) is 0 Å². The van der Waals surface area contributed by atoms with Crippen LogP contribution in [-0.2, 0) is 4.79 Å². The van der Waals surface area contributed by atoms with Gasteiger partial charge >= 0.3 is 5.97 Å². The molecule has 21 heavy (non-hydrogen) atoms. The van der Waals surface area contributed by atoms with Crippen LogP contribution in [0.15, 0.2) is 18.2 Å². The lowest BCUT2D eigenvalue weighted by molar-refractivity contribution is -0.141. The number of phenols is 1. The summed E-state index contributed by atoms with van der Waals surface area (Å²) in [5, 5.41) is 21.7. The Morgan fingerprint density at radius 3 is 2.48 bits per heavy atom. The summed E-state index contributed by atoms with van der Waals surface area (Å²) in [5.74, 6) is -1.71. The van der Waals surface area contributed by atoms with E-state index >= 15 is 0 Å². The molecule has 0 aliphatic heterocycles. The molecule has 5 heteroatoms. The Bertz CT molecular complexity index is 535. The second kappa shape index (κ2) is 6.61. The standard InChI is InChI=1S/C16H21NO4/c1-10-7-8-12(13(18)9-10)15(19)17-14(16(20)21)11-5-3-2-4-6-11/h7-9,11,14,18H,2-6H2,1H3,(H,17,19)(H,20,21). The summed E-state index contributed by atoms with van der Waals surface area (Å²) >= 11 is 0. The van der Waals surface area contributed by atoms with E-state index in [1.165, 1.54) is 12.1 Å². The Morgan fingerprint density at radius 2 is 1.90 bits per heavy atom. The summed E-state index contributed by atoms with van der Waals surface area (Å²) < 4.78 is 0. The van der Waals surface area contributed by atoms with Crippen LogP contribution in [0.1, 0.15) is 48.0 Å². The van der Waals surface area contributed by atoms with E-state index in [0.717, 1.165) is 37.7 Å². The molecule has 1 aliphatic rings. The summed E-state index contributed by atoms with van der Waals surface area (Å²) in [6.45, 7) is 1.81. The molecule has 0 aromatic heterocycles. The lowest BCUT2D eigenvalue weighted by Gasteiger charge is -2.28. The summed E-state index contributed by atoms with van der Waals surface area (Å²) in [7, 11) is 0. The number of carbonyl (C=O) groups excluding carboxylic acids is 1. The molecule has 5 nitrogen and oxygen atoms in total. The molecular formula is C16H21NO4. The SMILES string of the molecule is Cc1ccc(C(=O)NC(C(=O)O)C2CCCCC2)c(O)c1. The van der Waals surface area contributed by atoms with Gasteiger partial charge in [0.1, 0.15) is 11.8 Å². The van der Waals surface area contributed by atoms with Crippen LogP contribution in [0.5, 0.6) is 5.75 Å². The van der Waals surface area contributed by atoms with Gasteiger partial charge in [0.2, 0.25) is 0 Å². The number of hydrogen-bond acceptors (Lipinski definition) is 3. The molecule has 1 amide bonds. The Hall–Kier alpha value is -2.04.